The summed E-state index contributed by atoms with van der Waals surface area (Å²) in [4.78, 5) is 8.90. The van der Waals surface area contributed by atoms with Crippen molar-refractivity contribution >= 4 is 16.9 Å². The SMILES string of the molecule is CCc1cnc(CNC2=NCC(CC)(CC)CS2)o1. The summed E-state index contributed by atoms with van der Waals surface area (Å²) in [6.45, 7) is 8.14. The minimum absolute atomic E-state index is 0.397. The highest BCUT2D eigenvalue weighted by Gasteiger charge is 2.30. The number of nitrogens with zero attached hydrogens (tertiary/aromatic N) is 2. The molecule has 0 aromatic carbocycles. The van der Waals surface area contributed by atoms with E-state index in [1.54, 1.807) is 6.20 Å². The molecule has 1 aromatic heterocycles. The molecule has 0 amide bonds. The molecule has 0 bridgehead atoms. The fourth-order valence-corrected chi connectivity index (χ4v) is 3.35. The van der Waals surface area contributed by atoms with Crippen LogP contribution in [0.3, 0.4) is 0 Å². The van der Waals surface area contributed by atoms with Gasteiger partial charge in [0.2, 0.25) is 5.89 Å². The van der Waals surface area contributed by atoms with Crippen molar-refractivity contribution < 1.29 is 4.42 Å². The topological polar surface area (TPSA) is 50.4 Å². The van der Waals surface area contributed by atoms with Gasteiger partial charge < -0.3 is 9.73 Å². The van der Waals surface area contributed by atoms with Gasteiger partial charge in [-0.3, -0.25) is 4.99 Å². The zero-order valence-electron chi connectivity index (χ0n) is 12.0. The number of aliphatic imine (C=N–C) groups is 1. The van der Waals surface area contributed by atoms with Crippen LogP contribution in [0.2, 0.25) is 0 Å². The van der Waals surface area contributed by atoms with E-state index >= 15 is 0 Å². The van der Waals surface area contributed by atoms with E-state index in [1.165, 1.54) is 12.8 Å². The molecule has 0 atom stereocenters. The number of oxazole rings is 1. The lowest BCUT2D eigenvalue weighted by atomic mass is 9.84. The summed E-state index contributed by atoms with van der Waals surface area (Å²) < 4.78 is 5.57. The molecule has 2 heterocycles. The maximum Gasteiger partial charge on any atom is 0.213 e. The Labute approximate surface area is 119 Å². The minimum Gasteiger partial charge on any atom is -0.444 e. The molecule has 5 heteroatoms. The summed E-state index contributed by atoms with van der Waals surface area (Å²) in [5.74, 6) is 2.83. The number of nitrogens with one attached hydrogen (secondary N) is 1. The molecule has 0 spiro atoms. The van der Waals surface area contributed by atoms with Crippen LogP contribution in [0.5, 0.6) is 0 Å². The first-order valence-electron chi connectivity index (χ1n) is 7.06. The van der Waals surface area contributed by atoms with Crippen LogP contribution in [0.15, 0.2) is 15.6 Å². The number of amidine groups is 1. The molecule has 4 nitrogen and oxygen atoms in total. The molecule has 1 aromatic rings. The smallest absolute Gasteiger partial charge is 0.213 e. The lowest BCUT2D eigenvalue weighted by Crippen LogP contribution is -2.34. The van der Waals surface area contributed by atoms with Gasteiger partial charge in [0, 0.05) is 18.7 Å². The van der Waals surface area contributed by atoms with Crippen LogP contribution in [-0.4, -0.2) is 22.4 Å². The Bertz CT molecular complexity index is 438. The average molecular weight is 281 g/mol. The molecule has 106 valence electrons. The van der Waals surface area contributed by atoms with Crippen LogP contribution in [0.4, 0.5) is 0 Å². The predicted octanol–water partition coefficient (Wildman–Crippen LogP) is 3.24. The highest BCUT2D eigenvalue weighted by Crippen LogP contribution is 2.34. The van der Waals surface area contributed by atoms with Crippen LogP contribution in [0.25, 0.3) is 0 Å². The van der Waals surface area contributed by atoms with Crippen molar-refractivity contribution in [2.75, 3.05) is 12.3 Å². The van der Waals surface area contributed by atoms with E-state index in [1.807, 2.05) is 11.8 Å². The van der Waals surface area contributed by atoms with E-state index in [4.69, 9.17) is 4.42 Å². The van der Waals surface area contributed by atoms with Crippen molar-refractivity contribution in [2.45, 2.75) is 46.6 Å². The van der Waals surface area contributed by atoms with Crippen LogP contribution < -0.4 is 5.32 Å². The molecule has 0 fully saturated rings. The monoisotopic (exact) mass is 281 g/mol. The van der Waals surface area contributed by atoms with Gasteiger partial charge in [-0.1, -0.05) is 32.5 Å². The van der Waals surface area contributed by atoms with Gasteiger partial charge in [0.05, 0.1) is 12.7 Å². The quantitative estimate of drug-likeness (QED) is 0.900. The number of hydrogen-bond acceptors (Lipinski definition) is 5. The lowest BCUT2D eigenvalue weighted by Gasteiger charge is -2.33. The molecule has 0 radical (unpaired) electrons. The second kappa shape index (κ2) is 6.46. The number of hydrogen-bond donors (Lipinski definition) is 1. The molecular formula is C14H23N3OS. The first-order valence-corrected chi connectivity index (χ1v) is 8.04. The highest BCUT2D eigenvalue weighted by molar-refractivity contribution is 8.13. The van der Waals surface area contributed by atoms with E-state index in [2.05, 4.69) is 36.1 Å². The fraction of sp³-hybridized carbons (Fsp3) is 0.714. The van der Waals surface area contributed by atoms with Gasteiger partial charge in [0.1, 0.15) is 5.76 Å². The van der Waals surface area contributed by atoms with Gasteiger partial charge in [-0.05, 0) is 18.3 Å². The number of aryl methyl sites for hydroxylation is 1. The maximum atomic E-state index is 5.57. The van der Waals surface area contributed by atoms with Gasteiger partial charge in [0.25, 0.3) is 0 Å². The van der Waals surface area contributed by atoms with Gasteiger partial charge in [-0.2, -0.15) is 0 Å². The number of thioether (sulfide) groups is 1. The summed E-state index contributed by atoms with van der Waals surface area (Å²) in [6.07, 6.45) is 5.09. The van der Waals surface area contributed by atoms with Gasteiger partial charge in [0.15, 0.2) is 5.17 Å². The third kappa shape index (κ3) is 3.53. The molecule has 0 saturated heterocycles. The van der Waals surface area contributed by atoms with Crippen LogP contribution >= 0.6 is 11.8 Å². The molecule has 1 aliphatic heterocycles. The Morgan fingerprint density at radius 1 is 1.37 bits per heavy atom. The van der Waals surface area contributed by atoms with Crippen molar-refractivity contribution in [1.82, 2.24) is 10.3 Å². The summed E-state index contributed by atoms with van der Waals surface area (Å²) in [5, 5.41) is 4.34. The van der Waals surface area contributed by atoms with Crippen molar-refractivity contribution in [3.8, 4) is 0 Å². The average Bonchev–Trinajstić information content (AvgIpc) is 2.94. The second-order valence-electron chi connectivity index (χ2n) is 5.04. The van der Waals surface area contributed by atoms with Crippen LogP contribution in [0.1, 0.15) is 45.3 Å². The fourth-order valence-electron chi connectivity index (χ4n) is 2.08. The Morgan fingerprint density at radius 3 is 2.68 bits per heavy atom. The molecular weight excluding hydrogens is 258 g/mol. The van der Waals surface area contributed by atoms with E-state index in [0.29, 0.717) is 12.0 Å². The van der Waals surface area contributed by atoms with Gasteiger partial charge in [-0.25, -0.2) is 4.98 Å². The van der Waals surface area contributed by atoms with E-state index in [0.717, 1.165) is 35.5 Å². The molecule has 1 aliphatic rings. The van der Waals surface area contributed by atoms with Crippen molar-refractivity contribution in [1.29, 1.82) is 0 Å². The van der Waals surface area contributed by atoms with Gasteiger partial charge >= 0.3 is 0 Å². The standard InChI is InChI=1S/C14H23N3OS/c1-4-11-7-15-12(18-11)8-16-13-17-9-14(5-2,6-3)10-19-13/h7H,4-6,8-10H2,1-3H3,(H,16,17). The Kier molecular flexibility index (Phi) is 4.91. The summed E-state index contributed by atoms with van der Waals surface area (Å²) in [6, 6.07) is 0. The van der Waals surface area contributed by atoms with Crippen LogP contribution in [-0.2, 0) is 13.0 Å². The number of aromatic nitrogens is 1. The first-order chi connectivity index (χ1) is 9.21. The molecule has 0 aliphatic carbocycles. The molecule has 0 unspecified atom stereocenters. The molecule has 0 saturated carbocycles. The summed E-state index contributed by atoms with van der Waals surface area (Å²) in [5.41, 5.74) is 0.397. The summed E-state index contributed by atoms with van der Waals surface area (Å²) in [7, 11) is 0. The second-order valence-corrected chi connectivity index (χ2v) is 6.01. The summed E-state index contributed by atoms with van der Waals surface area (Å²) >= 11 is 1.82. The Balaban J connectivity index is 1.86. The first kappa shape index (κ1) is 14.4. The van der Waals surface area contributed by atoms with Crippen molar-refractivity contribution in [3.63, 3.8) is 0 Å². The largest absolute Gasteiger partial charge is 0.444 e. The van der Waals surface area contributed by atoms with Crippen molar-refractivity contribution in [2.24, 2.45) is 10.4 Å². The highest BCUT2D eigenvalue weighted by atomic mass is 32.2. The maximum absolute atomic E-state index is 5.57. The van der Waals surface area contributed by atoms with Crippen LogP contribution in [0, 0.1) is 5.41 Å². The molecule has 19 heavy (non-hydrogen) atoms. The third-order valence-electron chi connectivity index (χ3n) is 3.91. The van der Waals surface area contributed by atoms with E-state index in [-0.39, 0.29) is 0 Å². The van der Waals surface area contributed by atoms with Crippen molar-refractivity contribution in [3.05, 3.63) is 17.8 Å². The van der Waals surface area contributed by atoms with Gasteiger partial charge in [-0.15, -0.1) is 0 Å². The van der Waals surface area contributed by atoms with E-state index in [9.17, 15) is 0 Å². The zero-order chi connectivity index (χ0) is 13.7. The molecule has 2 rings (SSSR count). The molecule has 1 N–H and O–H groups in total. The Morgan fingerprint density at radius 2 is 2.16 bits per heavy atom. The third-order valence-corrected chi connectivity index (χ3v) is 5.22. The normalized spacial score (nSPS) is 18.2. The van der Waals surface area contributed by atoms with E-state index < -0.39 is 0 Å². The Hall–Kier alpha value is -0.970. The minimum atomic E-state index is 0.397. The zero-order valence-corrected chi connectivity index (χ0v) is 12.8. The predicted molar refractivity (Wildman–Crippen MR) is 80.5 cm³/mol. The number of rotatable bonds is 5. The lowest BCUT2D eigenvalue weighted by molar-refractivity contribution is 0.318.